The van der Waals surface area contributed by atoms with Crippen molar-refractivity contribution < 1.29 is 14.3 Å². The Morgan fingerprint density at radius 2 is 1.81 bits per heavy atom. The van der Waals surface area contributed by atoms with E-state index < -0.39 is 11.6 Å². The van der Waals surface area contributed by atoms with Gasteiger partial charge in [0.1, 0.15) is 12.1 Å². The number of carbonyl (C=O) groups is 2. The molecule has 1 aliphatic heterocycles. The lowest BCUT2D eigenvalue weighted by Crippen LogP contribution is -2.57. The van der Waals surface area contributed by atoms with Crippen molar-refractivity contribution in [2.45, 2.75) is 76.5 Å². The largest absolute Gasteiger partial charge is 0.445 e. The van der Waals surface area contributed by atoms with E-state index in [1.54, 1.807) is 4.90 Å². The highest BCUT2D eigenvalue weighted by atomic mass is 16.6. The first-order valence-corrected chi connectivity index (χ1v) is 9.89. The molecule has 1 unspecified atom stereocenters. The molecule has 2 aliphatic rings. The first-order valence-electron chi connectivity index (χ1n) is 9.89. The molecule has 1 atom stereocenters. The summed E-state index contributed by atoms with van der Waals surface area (Å²) < 4.78 is 5.47. The van der Waals surface area contributed by atoms with Gasteiger partial charge in [-0.3, -0.25) is 9.69 Å². The Balaban J connectivity index is 1.59. The summed E-state index contributed by atoms with van der Waals surface area (Å²) in [6.45, 7) is 2.68. The third-order valence-electron chi connectivity index (χ3n) is 5.75. The molecule has 5 heteroatoms. The number of likely N-dealkylation sites (tertiary alicyclic amines) is 1. The number of benzene rings is 1. The minimum absolute atomic E-state index is 0.0291. The normalized spacial score (nSPS) is 24.1. The van der Waals surface area contributed by atoms with Crippen LogP contribution in [0.15, 0.2) is 30.3 Å². The van der Waals surface area contributed by atoms with Crippen molar-refractivity contribution in [1.82, 2.24) is 10.2 Å². The fraction of sp³-hybridized carbons (Fsp3) is 0.619. The highest BCUT2D eigenvalue weighted by molar-refractivity contribution is 5.90. The fourth-order valence-corrected chi connectivity index (χ4v) is 4.05. The van der Waals surface area contributed by atoms with Crippen LogP contribution in [0.1, 0.15) is 63.9 Å². The predicted molar refractivity (Wildman–Crippen MR) is 101 cm³/mol. The first kappa shape index (κ1) is 18.7. The number of nitrogens with one attached hydrogen (secondary N) is 1. The van der Waals surface area contributed by atoms with Crippen LogP contribution >= 0.6 is 0 Å². The average molecular weight is 358 g/mol. The topological polar surface area (TPSA) is 58.6 Å². The molecule has 1 aliphatic carbocycles. The Morgan fingerprint density at radius 1 is 1.12 bits per heavy atom. The molecular formula is C21H30N2O3. The third-order valence-corrected chi connectivity index (χ3v) is 5.75. The van der Waals surface area contributed by atoms with Gasteiger partial charge in [-0.15, -0.1) is 0 Å². The Bertz CT molecular complexity index is 611. The Labute approximate surface area is 156 Å². The van der Waals surface area contributed by atoms with Gasteiger partial charge in [-0.05, 0) is 38.2 Å². The van der Waals surface area contributed by atoms with Gasteiger partial charge in [0.25, 0.3) is 0 Å². The van der Waals surface area contributed by atoms with E-state index in [1.165, 1.54) is 25.7 Å². The first-order chi connectivity index (χ1) is 12.6. The zero-order valence-electron chi connectivity index (χ0n) is 15.7. The maximum Gasteiger partial charge on any atom is 0.410 e. The molecule has 2 amide bonds. The van der Waals surface area contributed by atoms with Gasteiger partial charge in [0.2, 0.25) is 5.91 Å². The maximum absolute atomic E-state index is 13.0. The van der Waals surface area contributed by atoms with E-state index in [0.29, 0.717) is 13.0 Å². The summed E-state index contributed by atoms with van der Waals surface area (Å²) in [7, 11) is 0. The minimum atomic E-state index is -0.805. The second-order valence-corrected chi connectivity index (χ2v) is 7.73. The molecule has 1 heterocycles. The van der Waals surface area contributed by atoms with Crippen LogP contribution < -0.4 is 5.32 Å². The molecule has 142 valence electrons. The Morgan fingerprint density at radius 3 is 2.50 bits per heavy atom. The van der Waals surface area contributed by atoms with E-state index in [4.69, 9.17) is 4.74 Å². The molecule has 3 rings (SSSR count). The molecule has 0 spiro atoms. The lowest BCUT2D eigenvalue weighted by molar-refractivity contribution is -0.131. The number of ether oxygens (including phenoxy) is 1. The lowest BCUT2D eigenvalue weighted by Gasteiger charge is -2.34. The number of hydrogen-bond acceptors (Lipinski definition) is 3. The van der Waals surface area contributed by atoms with Gasteiger partial charge in [0.15, 0.2) is 0 Å². The van der Waals surface area contributed by atoms with Gasteiger partial charge in [-0.25, -0.2) is 4.79 Å². The standard InChI is InChI=1S/C21H30N2O3/c1-21(19(24)22-18-12-7-2-3-8-13-18)14-9-15-23(21)20(25)26-16-17-10-5-4-6-11-17/h4-6,10-11,18H,2-3,7-9,12-16H2,1H3,(H,22,24). The van der Waals surface area contributed by atoms with Crippen LogP contribution in [-0.2, 0) is 16.1 Å². The van der Waals surface area contributed by atoms with Crippen molar-refractivity contribution in [1.29, 1.82) is 0 Å². The van der Waals surface area contributed by atoms with Gasteiger partial charge < -0.3 is 10.1 Å². The Hall–Kier alpha value is -2.04. The molecular weight excluding hydrogens is 328 g/mol. The summed E-state index contributed by atoms with van der Waals surface area (Å²) in [5.41, 5.74) is 0.143. The minimum Gasteiger partial charge on any atom is -0.445 e. The number of carbonyl (C=O) groups excluding carboxylic acids is 2. The second-order valence-electron chi connectivity index (χ2n) is 7.73. The zero-order valence-corrected chi connectivity index (χ0v) is 15.7. The summed E-state index contributed by atoms with van der Waals surface area (Å²) in [5.74, 6) is -0.0291. The van der Waals surface area contributed by atoms with Crippen molar-refractivity contribution in [2.24, 2.45) is 0 Å². The van der Waals surface area contributed by atoms with E-state index in [0.717, 1.165) is 24.8 Å². The van der Waals surface area contributed by atoms with Crippen molar-refractivity contribution in [3.63, 3.8) is 0 Å². The molecule has 26 heavy (non-hydrogen) atoms. The number of hydrogen-bond donors (Lipinski definition) is 1. The molecule has 1 aromatic carbocycles. The SMILES string of the molecule is CC1(C(=O)NC2CCCCCC2)CCCN1C(=O)OCc1ccccc1. The molecule has 2 fully saturated rings. The number of rotatable bonds is 4. The number of nitrogens with zero attached hydrogens (tertiary/aromatic N) is 1. The molecule has 0 bridgehead atoms. The van der Waals surface area contributed by atoms with Gasteiger partial charge >= 0.3 is 6.09 Å². The van der Waals surface area contributed by atoms with E-state index in [-0.39, 0.29) is 18.6 Å². The molecule has 0 radical (unpaired) electrons. The van der Waals surface area contributed by atoms with Crippen LogP contribution in [0.2, 0.25) is 0 Å². The average Bonchev–Trinajstić information content (AvgIpc) is 2.88. The molecule has 5 nitrogen and oxygen atoms in total. The summed E-state index contributed by atoms with van der Waals surface area (Å²) in [4.78, 5) is 27.2. The maximum atomic E-state index is 13.0. The van der Waals surface area contributed by atoms with Crippen LogP contribution in [0.4, 0.5) is 4.79 Å². The predicted octanol–water partition coefficient (Wildman–Crippen LogP) is 4.02. The van der Waals surface area contributed by atoms with Crippen LogP contribution in [0, 0.1) is 0 Å². The fourth-order valence-electron chi connectivity index (χ4n) is 4.05. The van der Waals surface area contributed by atoms with Gasteiger partial charge in [0, 0.05) is 12.6 Å². The highest BCUT2D eigenvalue weighted by Gasteiger charge is 2.47. The van der Waals surface area contributed by atoms with Crippen molar-refractivity contribution in [2.75, 3.05) is 6.54 Å². The van der Waals surface area contributed by atoms with E-state index in [9.17, 15) is 9.59 Å². The van der Waals surface area contributed by atoms with Crippen LogP contribution in [0.3, 0.4) is 0 Å². The molecule has 1 saturated heterocycles. The molecule has 0 aromatic heterocycles. The summed E-state index contributed by atoms with van der Waals surface area (Å²) >= 11 is 0. The van der Waals surface area contributed by atoms with Crippen LogP contribution in [0.5, 0.6) is 0 Å². The Kier molecular flexibility index (Phi) is 6.17. The highest BCUT2D eigenvalue weighted by Crippen LogP contribution is 2.31. The van der Waals surface area contributed by atoms with Crippen LogP contribution in [0.25, 0.3) is 0 Å². The van der Waals surface area contributed by atoms with Crippen molar-refractivity contribution >= 4 is 12.0 Å². The van der Waals surface area contributed by atoms with Crippen LogP contribution in [-0.4, -0.2) is 35.0 Å². The summed E-state index contributed by atoms with van der Waals surface area (Å²) in [6.07, 6.45) is 8.05. The third kappa shape index (κ3) is 4.37. The summed E-state index contributed by atoms with van der Waals surface area (Å²) in [5, 5.41) is 3.21. The van der Waals surface area contributed by atoms with Crippen molar-refractivity contribution in [3.05, 3.63) is 35.9 Å². The lowest BCUT2D eigenvalue weighted by atomic mass is 9.96. The molecule has 1 aromatic rings. The monoisotopic (exact) mass is 358 g/mol. The molecule has 1 N–H and O–H groups in total. The smallest absolute Gasteiger partial charge is 0.410 e. The molecule has 1 saturated carbocycles. The van der Waals surface area contributed by atoms with Gasteiger partial charge in [-0.1, -0.05) is 56.0 Å². The van der Waals surface area contributed by atoms with Gasteiger partial charge in [-0.2, -0.15) is 0 Å². The van der Waals surface area contributed by atoms with E-state index in [2.05, 4.69) is 5.32 Å². The van der Waals surface area contributed by atoms with E-state index in [1.807, 2.05) is 37.3 Å². The zero-order chi connectivity index (χ0) is 18.4. The van der Waals surface area contributed by atoms with E-state index >= 15 is 0 Å². The van der Waals surface area contributed by atoms with Crippen molar-refractivity contribution in [3.8, 4) is 0 Å². The summed E-state index contributed by atoms with van der Waals surface area (Å²) in [6, 6.07) is 9.86. The van der Waals surface area contributed by atoms with Gasteiger partial charge in [0.05, 0.1) is 0 Å². The quantitative estimate of drug-likeness (QED) is 0.827. The number of amides is 2. The second kappa shape index (κ2) is 8.56.